The van der Waals surface area contributed by atoms with Crippen LogP contribution in [0.5, 0.6) is 0 Å². The van der Waals surface area contributed by atoms with E-state index >= 15 is 0 Å². The van der Waals surface area contributed by atoms with Gasteiger partial charge in [0.2, 0.25) is 0 Å². The fourth-order valence-electron chi connectivity index (χ4n) is 2.30. The maximum absolute atomic E-state index is 10.9. The maximum atomic E-state index is 10.9. The summed E-state index contributed by atoms with van der Waals surface area (Å²) in [6, 6.07) is 0. The lowest BCUT2D eigenvalue weighted by Gasteiger charge is -2.26. The molecular formula is C12H25NO2S. The second kappa shape index (κ2) is 6.60. The predicted molar refractivity (Wildman–Crippen MR) is 68.3 cm³/mol. The van der Waals surface area contributed by atoms with Crippen molar-refractivity contribution in [3.8, 4) is 0 Å². The molecule has 1 aliphatic carbocycles. The van der Waals surface area contributed by atoms with E-state index in [0.29, 0.717) is 5.75 Å². The Hall–Kier alpha value is -0.0900. The Balaban J connectivity index is 1.99. The Morgan fingerprint density at radius 2 is 1.81 bits per heavy atom. The topological polar surface area (TPSA) is 46.2 Å². The molecule has 0 aromatic heterocycles. The number of nitrogens with one attached hydrogen (secondary N) is 1. The van der Waals surface area contributed by atoms with Crippen molar-refractivity contribution in [3.63, 3.8) is 0 Å². The van der Waals surface area contributed by atoms with Gasteiger partial charge >= 0.3 is 0 Å². The summed E-state index contributed by atoms with van der Waals surface area (Å²) < 4.78 is 21.8. The number of sulfone groups is 1. The minimum atomic E-state index is -2.78. The molecule has 96 valence electrons. The van der Waals surface area contributed by atoms with Crippen LogP contribution < -0.4 is 5.32 Å². The lowest BCUT2D eigenvalue weighted by atomic mass is 9.83. The zero-order chi connectivity index (χ0) is 12.0. The van der Waals surface area contributed by atoms with Gasteiger partial charge in [0.05, 0.1) is 5.75 Å². The van der Waals surface area contributed by atoms with Crippen LogP contribution in [0.1, 0.15) is 39.0 Å². The van der Waals surface area contributed by atoms with Crippen molar-refractivity contribution in [2.45, 2.75) is 39.0 Å². The standard InChI is InChI=1S/C12H25NO2S/c1-11-4-6-12(7-5-11)10-13-8-3-9-16(2,14)15/h11-13H,3-10H2,1-2H3. The lowest BCUT2D eigenvalue weighted by molar-refractivity contribution is 0.282. The Morgan fingerprint density at radius 3 is 2.38 bits per heavy atom. The van der Waals surface area contributed by atoms with E-state index in [9.17, 15) is 8.42 Å². The molecular weight excluding hydrogens is 222 g/mol. The quantitative estimate of drug-likeness (QED) is 0.729. The zero-order valence-corrected chi connectivity index (χ0v) is 11.4. The highest BCUT2D eigenvalue weighted by Gasteiger charge is 2.17. The SMILES string of the molecule is CC1CCC(CNCCCS(C)(=O)=O)CC1. The van der Waals surface area contributed by atoms with Crippen molar-refractivity contribution in [3.05, 3.63) is 0 Å². The van der Waals surface area contributed by atoms with E-state index < -0.39 is 9.84 Å². The third kappa shape index (κ3) is 6.48. The molecule has 0 saturated heterocycles. The van der Waals surface area contributed by atoms with Gasteiger partial charge in [0.1, 0.15) is 9.84 Å². The predicted octanol–water partition coefficient (Wildman–Crippen LogP) is 1.84. The van der Waals surface area contributed by atoms with Crippen LogP contribution in [0.3, 0.4) is 0 Å². The number of rotatable bonds is 6. The molecule has 0 heterocycles. The van der Waals surface area contributed by atoms with Gasteiger partial charge in [0.25, 0.3) is 0 Å². The van der Waals surface area contributed by atoms with Gasteiger partial charge in [0.15, 0.2) is 0 Å². The normalized spacial score (nSPS) is 26.9. The van der Waals surface area contributed by atoms with Gasteiger partial charge in [0, 0.05) is 6.26 Å². The summed E-state index contributed by atoms with van der Waals surface area (Å²) in [4.78, 5) is 0. The second-order valence-electron chi connectivity index (χ2n) is 5.31. The summed E-state index contributed by atoms with van der Waals surface area (Å²) in [5.74, 6) is 2.03. The van der Waals surface area contributed by atoms with E-state index in [1.807, 2.05) is 0 Å². The highest BCUT2D eigenvalue weighted by atomic mass is 32.2. The second-order valence-corrected chi connectivity index (χ2v) is 7.57. The largest absolute Gasteiger partial charge is 0.316 e. The molecule has 16 heavy (non-hydrogen) atoms. The Bertz CT molecular complexity index is 279. The molecule has 0 aromatic rings. The van der Waals surface area contributed by atoms with Crippen LogP contribution in [0, 0.1) is 11.8 Å². The molecule has 1 N–H and O–H groups in total. The van der Waals surface area contributed by atoms with E-state index in [0.717, 1.165) is 31.3 Å². The van der Waals surface area contributed by atoms with Crippen LogP contribution in [0.25, 0.3) is 0 Å². The van der Waals surface area contributed by atoms with E-state index in [-0.39, 0.29) is 0 Å². The van der Waals surface area contributed by atoms with Crippen molar-refractivity contribution in [1.29, 1.82) is 0 Å². The van der Waals surface area contributed by atoms with Gasteiger partial charge in [-0.2, -0.15) is 0 Å². The molecule has 0 amide bonds. The molecule has 0 aromatic carbocycles. The first-order valence-electron chi connectivity index (χ1n) is 6.36. The summed E-state index contributed by atoms with van der Waals surface area (Å²) in [5.41, 5.74) is 0. The molecule has 1 aliphatic rings. The molecule has 1 rings (SSSR count). The van der Waals surface area contributed by atoms with Gasteiger partial charge in [-0.3, -0.25) is 0 Å². The number of hydrogen-bond donors (Lipinski definition) is 1. The molecule has 0 unspecified atom stereocenters. The van der Waals surface area contributed by atoms with Gasteiger partial charge in [-0.1, -0.05) is 19.8 Å². The van der Waals surface area contributed by atoms with E-state index in [2.05, 4.69) is 12.2 Å². The highest BCUT2D eigenvalue weighted by Crippen LogP contribution is 2.27. The van der Waals surface area contributed by atoms with E-state index in [4.69, 9.17) is 0 Å². The van der Waals surface area contributed by atoms with Crippen molar-refractivity contribution >= 4 is 9.84 Å². The fourth-order valence-corrected chi connectivity index (χ4v) is 2.97. The lowest BCUT2D eigenvalue weighted by Crippen LogP contribution is -2.27. The van der Waals surface area contributed by atoms with Crippen LogP contribution in [0.2, 0.25) is 0 Å². The molecule has 0 atom stereocenters. The fraction of sp³-hybridized carbons (Fsp3) is 1.00. The van der Waals surface area contributed by atoms with Crippen molar-refractivity contribution in [2.75, 3.05) is 25.1 Å². The zero-order valence-electron chi connectivity index (χ0n) is 10.5. The Morgan fingerprint density at radius 1 is 1.19 bits per heavy atom. The van der Waals surface area contributed by atoms with Crippen LogP contribution in [0.4, 0.5) is 0 Å². The smallest absolute Gasteiger partial charge is 0.147 e. The average molecular weight is 247 g/mol. The highest BCUT2D eigenvalue weighted by molar-refractivity contribution is 7.90. The first kappa shape index (κ1) is 14.0. The van der Waals surface area contributed by atoms with Crippen LogP contribution in [-0.4, -0.2) is 33.5 Å². The monoisotopic (exact) mass is 247 g/mol. The molecule has 3 nitrogen and oxygen atoms in total. The minimum absolute atomic E-state index is 0.307. The summed E-state index contributed by atoms with van der Waals surface area (Å²) >= 11 is 0. The molecule has 0 bridgehead atoms. The van der Waals surface area contributed by atoms with E-state index in [1.165, 1.54) is 31.9 Å². The van der Waals surface area contributed by atoms with Crippen molar-refractivity contribution in [1.82, 2.24) is 5.32 Å². The van der Waals surface area contributed by atoms with Crippen LogP contribution in [0.15, 0.2) is 0 Å². The van der Waals surface area contributed by atoms with Gasteiger partial charge in [-0.25, -0.2) is 8.42 Å². The first-order valence-corrected chi connectivity index (χ1v) is 8.42. The Kier molecular flexibility index (Phi) is 5.76. The molecule has 0 spiro atoms. The summed E-state index contributed by atoms with van der Waals surface area (Å²) in [6.45, 7) is 4.23. The summed E-state index contributed by atoms with van der Waals surface area (Å²) in [6.07, 6.45) is 7.42. The van der Waals surface area contributed by atoms with Gasteiger partial charge < -0.3 is 5.32 Å². The number of hydrogen-bond acceptors (Lipinski definition) is 3. The van der Waals surface area contributed by atoms with Gasteiger partial charge in [-0.05, 0) is 44.2 Å². The average Bonchev–Trinajstić information content (AvgIpc) is 2.19. The molecule has 0 radical (unpaired) electrons. The van der Waals surface area contributed by atoms with Crippen LogP contribution in [-0.2, 0) is 9.84 Å². The van der Waals surface area contributed by atoms with Crippen molar-refractivity contribution in [2.24, 2.45) is 11.8 Å². The minimum Gasteiger partial charge on any atom is -0.316 e. The Labute approximate surface area is 99.9 Å². The van der Waals surface area contributed by atoms with Crippen LogP contribution >= 0.6 is 0 Å². The van der Waals surface area contributed by atoms with E-state index in [1.54, 1.807) is 0 Å². The van der Waals surface area contributed by atoms with Gasteiger partial charge in [-0.15, -0.1) is 0 Å². The molecule has 1 fully saturated rings. The molecule has 1 saturated carbocycles. The molecule has 0 aliphatic heterocycles. The summed E-state index contributed by atoms with van der Waals surface area (Å²) in [7, 11) is -2.78. The van der Waals surface area contributed by atoms with Crippen molar-refractivity contribution < 1.29 is 8.42 Å². The third-order valence-electron chi connectivity index (χ3n) is 3.44. The third-order valence-corrected chi connectivity index (χ3v) is 4.47. The first-order chi connectivity index (χ1) is 7.47. The molecule has 4 heteroatoms. The summed E-state index contributed by atoms with van der Waals surface area (Å²) in [5, 5.41) is 3.38. The maximum Gasteiger partial charge on any atom is 0.147 e.